The maximum absolute atomic E-state index is 13.2. The average molecular weight is 373 g/mol. The van der Waals surface area contributed by atoms with Gasteiger partial charge >= 0.3 is 5.88 Å². The molecule has 0 unspecified atom stereocenters. The Labute approximate surface area is 159 Å². The van der Waals surface area contributed by atoms with Crippen molar-refractivity contribution >= 4 is 28.9 Å². The second-order valence-corrected chi connectivity index (χ2v) is 6.18. The number of nitrogens with zero attached hydrogens (tertiary/aromatic N) is 3. The first-order chi connectivity index (χ1) is 13.5. The second kappa shape index (κ2) is 6.96. The first kappa shape index (κ1) is 17.4. The van der Waals surface area contributed by atoms with Crippen LogP contribution in [-0.2, 0) is 0 Å². The Morgan fingerprint density at radius 1 is 1.04 bits per heavy atom. The zero-order valence-electron chi connectivity index (χ0n) is 14.9. The molecule has 0 aliphatic carbocycles. The molecule has 0 N–H and O–H groups in total. The maximum atomic E-state index is 13.2. The van der Waals surface area contributed by atoms with Crippen LogP contribution in [-0.4, -0.2) is 14.5 Å². The van der Waals surface area contributed by atoms with E-state index in [2.05, 4.69) is 4.98 Å². The zero-order valence-corrected chi connectivity index (χ0v) is 14.9. The molecule has 0 saturated carbocycles. The van der Waals surface area contributed by atoms with E-state index in [0.29, 0.717) is 22.5 Å². The van der Waals surface area contributed by atoms with Crippen LogP contribution < -0.4 is 5.56 Å². The summed E-state index contributed by atoms with van der Waals surface area (Å²) in [6.07, 6.45) is 3.17. The van der Waals surface area contributed by atoms with E-state index < -0.39 is 4.92 Å². The molecule has 0 spiro atoms. The standard InChI is InChI=1S/C21H15N3O4/c1-14-6-2-5-9-18(14)23-19(12-10-15-11-13-20(28-15)24(26)27)22-17-8-4-3-7-16(17)21(23)25/h2-13H,1H3/b12-10+. The van der Waals surface area contributed by atoms with Gasteiger partial charge in [-0.15, -0.1) is 0 Å². The van der Waals surface area contributed by atoms with Gasteiger partial charge in [-0.3, -0.25) is 19.5 Å². The van der Waals surface area contributed by atoms with Gasteiger partial charge < -0.3 is 4.42 Å². The zero-order chi connectivity index (χ0) is 19.7. The normalized spacial score (nSPS) is 11.3. The van der Waals surface area contributed by atoms with Gasteiger partial charge in [-0.2, -0.15) is 0 Å². The molecule has 0 amide bonds. The van der Waals surface area contributed by atoms with Crippen molar-refractivity contribution in [1.82, 2.24) is 9.55 Å². The predicted octanol–water partition coefficient (Wildman–Crippen LogP) is 4.37. The van der Waals surface area contributed by atoms with Crippen molar-refractivity contribution in [2.24, 2.45) is 0 Å². The third kappa shape index (κ3) is 3.09. The van der Waals surface area contributed by atoms with E-state index in [9.17, 15) is 14.9 Å². The van der Waals surface area contributed by atoms with Crippen LogP contribution in [0.5, 0.6) is 0 Å². The number of para-hydroxylation sites is 2. The van der Waals surface area contributed by atoms with Crippen molar-refractivity contribution in [2.75, 3.05) is 0 Å². The molecule has 2 aromatic carbocycles. The molecule has 4 aromatic rings. The minimum atomic E-state index is -0.602. The highest BCUT2D eigenvalue weighted by atomic mass is 16.6. The Kier molecular flexibility index (Phi) is 4.33. The number of hydrogen-bond acceptors (Lipinski definition) is 5. The summed E-state index contributed by atoms with van der Waals surface area (Å²) in [5.74, 6) is 0.352. The van der Waals surface area contributed by atoms with Crippen molar-refractivity contribution in [2.45, 2.75) is 6.92 Å². The van der Waals surface area contributed by atoms with E-state index >= 15 is 0 Å². The van der Waals surface area contributed by atoms with Crippen molar-refractivity contribution in [1.29, 1.82) is 0 Å². The molecule has 7 heteroatoms. The molecule has 0 fully saturated rings. The molecule has 138 valence electrons. The summed E-state index contributed by atoms with van der Waals surface area (Å²) in [7, 11) is 0. The van der Waals surface area contributed by atoms with E-state index in [1.54, 1.807) is 30.4 Å². The lowest BCUT2D eigenvalue weighted by molar-refractivity contribution is -0.402. The summed E-state index contributed by atoms with van der Waals surface area (Å²) in [4.78, 5) is 28.0. The van der Waals surface area contributed by atoms with Gasteiger partial charge in [0.2, 0.25) is 0 Å². The Morgan fingerprint density at radius 2 is 1.79 bits per heavy atom. The van der Waals surface area contributed by atoms with E-state index in [-0.39, 0.29) is 11.4 Å². The molecule has 0 bridgehead atoms. The largest absolute Gasteiger partial charge is 0.433 e. The Bertz CT molecular complexity index is 1280. The summed E-state index contributed by atoms with van der Waals surface area (Å²) in [5, 5.41) is 11.3. The SMILES string of the molecule is Cc1ccccc1-n1c(/C=C/c2ccc([N+](=O)[O-])o2)nc2ccccc2c1=O. The van der Waals surface area contributed by atoms with E-state index in [1.165, 1.54) is 16.7 Å². The second-order valence-electron chi connectivity index (χ2n) is 6.18. The van der Waals surface area contributed by atoms with Crippen molar-refractivity contribution in [3.63, 3.8) is 0 Å². The highest BCUT2D eigenvalue weighted by molar-refractivity contribution is 5.80. The average Bonchev–Trinajstić information content (AvgIpc) is 3.17. The molecular weight excluding hydrogens is 358 g/mol. The monoisotopic (exact) mass is 373 g/mol. The molecule has 4 rings (SSSR count). The fraction of sp³-hybridized carbons (Fsp3) is 0.0476. The molecule has 0 aliphatic heterocycles. The Morgan fingerprint density at radius 3 is 2.54 bits per heavy atom. The topological polar surface area (TPSA) is 91.2 Å². The van der Waals surface area contributed by atoms with E-state index in [1.807, 2.05) is 37.3 Å². The summed E-state index contributed by atoms with van der Waals surface area (Å²) in [5.41, 5.74) is 2.02. The molecule has 0 atom stereocenters. The third-order valence-corrected chi connectivity index (χ3v) is 4.35. The lowest BCUT2D eigenvalue weighted by atomic mass is 10.1. The fourth-order valence-electron chi connectivity index (χ4n) is 3.00. The number of nitro groups is 1. The number of hydrogen-bond donors (Lipinski definition) is 0. The fourth-order valence-corrected chi connectivity index (χ4v) is 3.00. The van der Waals surface area contributed by atoms with Gasteiger partial charge in [-0.25, -0.2) is 4.98 Å². The first-order valence-corrected chi connectivity index (χ1v) is 8.55. The van der Waals surface area contributed by atoms with Gasteiger partial charge in [-0.1, -0.05) is 30.3 Å². The van der Waals surface area contributed by atoms with Crippen molar-refractivity contribution in [3.8, 4) is 5.69 Å². The van der Waals surface area contributed by atoms with Gasteiger partial charge in [0.1, 0.15) is 16.5 Å². The third-order valence-electron chi connectivity index (χ3n) is 4.35. The number of rotatable bonds is 4. The number of aromatic nitrogens is 2. The molecule has 0 radical (unpaired) electrons. The first-order valence-electron chi connectivity index (χ1n) is 8.55. The minimum Gasteiger partial charge on any atom is -0.401 e. The van der Waals surface area contributed by atoms with Gasteiger partial charge in [-0.05, 0) is 48.9 Å². The molecule has 2 aromatic heterocycles. The summed E-state index contributed by atoms with van der Waals surface area (Å²) >= 11 is 0. The van der Waals surface area contributed by atoms with Gasteiger partial charge in [0.05, 0.1) is 22.7 Å². The molecule has 0 aliphatic rings. The van der Waals surface area contributed by atoms with Gasteiger partial charge in [0.25, 0.3) is 5.56 Å². The number of benzene rings is 2. The molecule has 28 heavy (non-hydrogen) atoms. The van der Waals surface area contributed by atoms with Crippen LogP contribution in [0.15, 0.2) is 69.9 Å². The Balaban J connectivity index is 1.92. The molecular formula is C21H15N3O4. The Hall–Kier alpha value is -4.00. The van der Waals surface area contributed by atoms with Crippen LogP contribution >= 0.6 is 0 Å². The van der Waals surface area contributed by atoms with Gasteiger partial charge in [0, 0.05) is 0 Å². The quantitative estimate of drug-likeness (QED) is 0.391. The van der Waals surface area contributed by atoms with Gasteiger partial charge in [0.15, 0.2) is 0 Å². The van der Waals surface area contributed by atoms with Crippen LogP contribution in [0.1, 0.15) is 17.1 Å². The smallest absolute Gasteiger partial charge is 0.401 e. The molecule has 7 nitrogen and oxygen atoms in total. The van der Waals surface area contributed by atoms with Crippen LogP contribution in [0.3, 0.4) is 0 Å². The number of furan rings is 1. The number of fused-ring (bicyclic) bond motifs is 1. The van der Waals surface area contributed by atoms with Crippen molar-refractivity contribution < 1.29 is 9.34 Å². The maximum Gasteiger partial charge on any atom is 0.433 e. The van der Waals surface area contributed by atoms with E-state index in [4.69, 9.17) is 4.42 Å². The highest BCUT2D eigenvalue weighted by Crippen LogP contribution is 2.20. The van der Waals surface area contributed by atoms with Crippen LogP contribution in [0.2, 0.25) is 0 Å². The van der Waals surface area contributed by atoms with Crippen LogP contribution in [0, 0.1) is 17.0 Å². The lowest BCUT2D eigenvalue weighted by Gasteiger charge is -2.13. The summed E-state index contributed by atoms with van der Waals surface area (Å²) in [6.45, 7) is 1.92. The summed E-state index contributed by atoms with van der Waals surface area (Å²) < 4.78 is 6.69. The predicted molar refractivity (Wildman–Crippen MR) is 106 cm³/mol. The highest BCUT2D eigenvalue weighted by Gasteiger charge is 2.13. The summed E-state index contributed by atoms with van der Waals surface area (Å²) in [6, 6.07) is 17.4. The van der Waals surface area contributed by atoms with Crippen LogP contribution in [0.4, 0.5) is 5.88 Å². The molecule has 2 heterocycles. The lowest BCUT2D eigenvalue weighted by Crippen LogP contribution is -2.23. The van der Waals surface area contributed by atoms with E-state index in [0.717, 1.165) is 11.3 Å². The number of aryl methyl sites for hydroxylation is 1. The minimum absolute atomic E-state index is 0.190. The van der Waals surface area contributed by atoms with Crippen LogP contribution in [0.25, 0.3) is 28.7 Å². The molecule has 0 saturated heterocycles. The van der Waals surface area contributed by atoms with Crippen molar-refractivity contribution in [3.05, 3.63) is 98.3 Å².